The van der Waals surface area contributed by atoms with Crippen molar-refractivity contribution in [3.63, 3.8) is 0 Å². The van der Waals surface area contributed by atoms with Gasteiger partial charge >= 0.3 is 0 Å². The van der Waals surface area contributed by atoms with Gasteiger partial charge in [-0.25, -0.2) is 5.84 Å². The quantitative estimate of drug-likeness (QED) is 0.425. The molecule has 1 heterocycles. The van der Waals surface area contributed by atoms with E-state index in [-0.39, 0.29) is 5.91 Å². The Balaban J connectivity index is 2.84. The van der Waals surface area contributed by atoms with E-state index >= 15 is 0 Å². The number of carbonyl (C=O) groups is 1. The fourth-order valence-corrected chi connectivity index (χ4v) is 1.22. The topological polar surface area (TPSA) is 72.9 Å². The summed E-state index contributed by atoms with van der Waals surface area (Å²) in [7, 11) is 0. The molecular formula is C7H11ClN4O. The third-order valence-electron chi connectivity index (χ3n) is 1.72. The van der Waals surface area contributed by atoms with Crippen molar-refractivity contribution in [1.29, 1.82) is 0 Å². The molecule has 0 aromatic carbocycles. The van der Waals surface area contributed by atoms with Gasteiger partial charge in [-0.05, 0) is 6.42 Å². The van der Waals surface area contributed by atoms with E-state index in [1.54, 1.807) is 6.20 Å². The number of carbonyl (C=O) groups excluding carboxylic acids is 1. The van der Waals surface area contributed by atoms with Gasteiger partial charge in [0, 0.05) is 6.20 Å². The third kappa shape index (κ3) is 2.19. The Bertz CT molecular complexity index is 298. The summed E-state index contributed by atoms with van der Waals surface area (Å²) in [4.78, 5) is 11.2. The van der Waals surface area contributed by atoms with Crippen LogP contribution in [0.15, 0.2) is 12.4 Å². The van der Waals surface area contributed by atoms with E-state index in [4.69, 9.17) is 17.4 Å². The first kappa shape index (κ1) is 10.0. The second kappa shape index (κ2) is 4.25. The predicted molar refractivity (Wildman–Crippen MR) is 48.9 cm³/mol. The third-order valence-corrected chi connectivity index (χ3v) is 1.92. The van der Waals surface area contributed by atoms with E-state index in [9.17, 15) is 4.79 Å². The fourth-order valence-electron chi connectivity index (χ4n) is 1.07. The molecule has 0 saturated heterocycles. The van der Waals surface area contributed by atoms with Crippen LogP contribution in [0.5, 0.6) is 0 Å². The second-order valence-corrected chi connectivity index (χ2v) is 3.01. The second-order valence-electron chi connectivity index (χ2n) is 2.57. The van der Waals surface area contributed by atoms with Gasteiger partial charge in [-0.2, -0.15) is 5.10 Å². The molecule has 0 aliphatic rings. The van der Waals surface area contributed by atoms with Crippen LogP contribution in [0, 0.1) is 0 Å². The molecule has 72 valence electrons. The number of hydrazine groups is 1. The summed E-state index contributed by atoms with van der Waals surface area (Å²) < 4.78 is 1.49. The van der Waals surface area contributed by atoms with Crippen LogP contribution in [0.3, 0.4) is 0 Å². The molecule has 0 saturated carbocycles. The first-order valence-corrected chi connectivity index (χ1v) is 4.27. The Morgan fingerprint density at radius 2 is 2.62 bits per heavy atom. The highest BCUT2D eigenvalue weighted by Crippen LogP contribution is 2.13. The van der Waals surface area contributed by atoms with Crippen molar-refractivity contribution >= 4 is 17.5 Å². The summed E-state index contributed by atoms with van der Waals surface area (Å²) in [6.07, 6.45) is 3.68. The number of hydrogen-bond acceptors (Lipinski definition) is 3. The number of halogens is 1. The Morgan fingerprint density at radius 1 is 1.92 bits per heavy atom. The first-order chi connectivity index (χ1) is 6.19. The molecule has 5 nitrogen and oxygen atoms in total. The van der Waals surface area contributed by atoms with E-state index in [0.29, 0.717) is 11.4 Å². The maximum atomic E-state index is 11.2. The molecule has 0 spiro atoms. The fraction of sp³-hybridized carbons (Fsp3) is 0.429. The molecule has 0 bridgehead atoms. The lowest BCUT2D eigenvalue weighted by Gasteiger charge is -2.12. The van der Waals surface area contributed by atoms with Crippen molar-refractivity contribution in [2.24, 2.45) is 5.84 Å². The molecule has 0 radical (unpaired) electrons. The van der Waals surface area contributed by atoms with E-state index in [1.165, 1.54) is 10.9 Å². The maximum Gasteiger partial charge on any atom is 0.258 e. The molecule has 0 fully saturated rings. The van der Waals surface area contributed by atoms with Gasteiger partial charge in [-0.1, -0.05) is 18.5 Å². The Hall–Kier alpha value is -1.07. The van der Waals surface area contributed by atoms with Crippen LogP contribution in [0.4, 0.5) is 0 Å². The monoisotopic (exact) mass is 202 g/mol. The average molecular weight is 203 g/mol. The van der Waals surface area contributed by atoms with Gasteiger partial charge < -0.3 is 0 Å². The lowest BCUT2D eigenvalue weighted by molar-refractivity contribution is -0.124. The van der Waals surface area contributed by atoms with Crippen molar-refractivity contribution in [2.45, 2.75) is 19.4 Å². The number of aromatic nitrogens is 2. The molecule has 1 unspecified atom stereocenters. The number of rotatable bonds is 3. The zero-order valence-electron chi connectivity index (χ0n) is 7.20. The maximum absolute atomic E-state index is 11.2. The van der Waals surface area contributed by atoms with Crippen LogP contribution >= 0.6 is 11.6 Å². The summed E-state index contributed by atoms with van der Waals surface area (Å²) in [6.45, 7) is 1.87. The minimum Gasteiger partial charge on any atom is -0.292 e. The molecule has 13 heavy (non-hydrogen) atoms. The van der Waals surface area contributed by atoms with Gasteiger partial charge in [0.2, 0.25) is 0 Å². The van der Waals surface area contributed by atoms with Crippen molar-refractivity contribution in [2.75, 3.05) is 0 Å². The largest absolute Gasteiger partial charge is 0.292 e. The highest BCUT2D eigenvalue weighted by atomic mass is 35.5. The van der Waals surface area contributed by atoms with E-state index in [1.807, 2.05) is 6.92 Å². The summed E-state index contributed by atoms with van der Waals surface area (Å²) in [5.74, 6) is 4.74. The Morgan fingerprint density at radius 3 is 3.00 bits per heavy atom. The molecule has 1 aromatic heterocycles. The van der Waals surface area contributed by atoms with Crippen molar-refractivity contribution in [3.8, 4) is 0 Å². The minimum absolute atomic E-state index is 0.276. The number of nitrogens with two attached hydrogens (primary N) is 1. The van der Waals surface area contributed by atoms with Crippen LogP contribution in [-0.2, 0) is 4.79 Å². The average Bonchev–Trinajstić information content (AvgIpc) is 2.53. The Labute approximate surface area is 80.8 Å². The zero-order chi connectivity index (χ0) is 9.84. The van der Waals surface area contributed by atoms with Gasteiger partial charge in [-0.3, -0.25) is 14.9 Å². The first-order valence-electron chi connectivity index (χ1n) is 3.89. The van der Waals surface area contributed by atoms with Crippen LogP contribution in [0.2, 0.25) is 5.02 Å². The normalized spacial score (nSPS) is 12.5. The molecular weight excluding hydrogens is 192 g/mol. The lowest BCUT2D eigenvalue weighted by atomic mass is 10.2. The number of nitrogens with zero attached hydrogens (tertiary/aromatic N) is 2. The molecule has 1 amide bonds. The summed E-state index contributed by atoms with van der Waals surface area (Å²) >= 11 is 5.66. The van der Waals surface area contributed by atoms with Crippen molar-refractivity contribution in [1.82, 2.24) is 15.2 Å². The molecule has 3 N–H and O–H groups in total. The summed E-state index contributed by atoms with van der Waals surface area (Å²) in [5.41, 5.74) is 2.08. The summed E-state index contributed by atoms with van der Waals surface area (Å²) in [5, 5.41) is 4.43. The number of nitrogens with one attached hydrogen (secondary N) is 1. The van der Waals surface area contributed by atoms with Crippen molar-refractivity contribution < 1.29 is 4.79 Å². The van der Waals surface area contributed by atoms with Crippen LogP contribution in [0.25, 0.3) is 0 Å². The minimum atomic E-state index is -0.391. The van der Waals surface area contributed by atoms with Gasteiger partial charge in [0.15, 0.2) is 0 Å². The number of amides is 1. The zero-order valence-corrected chi connectivity index (χ0v) is 7.95. The van der Waals surface area contributed by atoms with Crippen LogP contribution in [0.1, 0.15) is 19.4 Å². The number of hydrogen-bond donors (Lipinski definition) is 2. The van der Waals surface area contributed by atoms with Gasteiger partial charge in [-0.15, -0.1) is 0 Å². The van der Waals surface area contributed by atoms with Crippen molar-refractivity contribution in [3.05, 3.63) is 17.4 Å². The molecule has 1 aromatic rings. The van der Waals surface area contributed by atoms with Gasteiger partial charge in [0.25, 0.3) is 5.91 Å². The smallest absolute Gasteiger partial charge is 0.258 e. The summed E-state index contributed by atoms with van der Waals surface area (Å²) in [6, 6.07) is -0.391. The van der Waals surface area contributed by atoms with E-state index in [0.717, 1.165) is 0 Å². The molecule has 1 atom stereocenters. The predicted octanol–water partition coefficient (Wildman–Crippen LogP) is 0.477. The molecule has 0 aliphatic carbocycles. The highest BCUT2D eigenvalue weighted by molar-refractivity contribution is 6.30. The van der Waals surface area contributed by atoms with Crippen LogP contribution in [-0.4, -0.2) is 15.7 Å². The van der Waals surface area contributed by atoms with Crippen LogP contribution < -0.4 is 11.3 Å². The molecule has 1 rings (SSSR count). The molecule has 6 heteroatoms. The standard InChI is InChI=1S/C7H11ClN4O/c1-2-6(7(13)11-9)12-4-5(8)3-10-12/h3-4,6H,2,9H2,1H3,(H,11,13). The van der Waals surface area contributed by atoms with Gasteiger partial charge in [0.1, 0.15) is 6.04 Å². The van der Waals surface area contributed by atoms with E-state index < -0.39 is 6.04 Å². The van der Waals surface area contributed by atoms with Gasteiger partial charge in [0.05, 0.1) is 11.2 Å². The Kier molecular flexibility index (Phi) is 3.27. The molecule has 0 aliphatic heterocycles. The SMILES string of the molecule is CCC(C(=O)NN)n1cc(Cl)cn1. The van der Waals surface area contributed by atoms with E-state index in [2.05, 4.69) is 10.5 Å². The highest BCUT2D eigenvalue weighted by Gasteiger charge is 2.17. The lowest BCUT2D eigenvalue weighted by Crippen LogP contribution is -2.37.